The molecule has 37 heavy (non-hydrogen) atoms. The van der Waals surface area contributed by atoms with Crippen LogP contribution >= 0.6 is 0 Å². The maximum absolute atomic E-state index is 12.5. The van der Waals surface area contributed by atoms with Crippen LogP contribution in [-0.4, -0.2) is 41.2 Å². The topological polar surface area (TPSA) is 153 Å². The number of carbonyl (C=O) groups is 4. The third kappa shape index (κ3) is 7.11. The first kappa shape index (κ1) is 32.1. The number of hydrogen-bond acceptors (Lipinski definition) is 8. The van der Waals surface area contributed by atoms with E-state index in [4.69, 9.17) is 14.6 Å². The smallest absolute Gasteiger partial charge is 0.872 e. The number of carboxylic acid groups (broad SMARTS) is 2. The number of rotatable bonds is 8. The van der Waals surface area contributed by atoms with Gasteiger partial charge in [-0.3, -0.25) is 14.4 Å². The summed E-state index contributed by atoms with van der Waals surface area (Å²) in [6.45, 7) is 2.04. The molecule has 0 heterocycles. The van der Waals surface area contributed by atoms with Gasteiger partial charge < -0.3 is 29.6 Å². The molecule has 190 valence electrons. The molecule has 0 unspecified atom stereocenters. The summed E-state index contributed by atoms with van der Waals surface area (Å²) in [7, 11) is 0. The molecule has 0 bridgehead atoms. The van der Waals surface area contributed by atoms with Gasteiger partial charge in [-0.2, -0.15) is 0 Å². The molecule has 9 nitrogen and oxygen atoms in total. The molecule has 6 atom stereocenters. The Morgan fingerprint density at radius 2 is 1.70 bits per heavy atom. The van der Waals surface area contributed by atoms with Crippen molar-refractivity contribution >= 4 is 23.9 Å². The molecule has 0 amide bonds. The zero-order chi connectivity index (χ0) is 25.3. The van der Waals surface area contributed by atoms with Crippen LogP contribution in [0, 0.1) is 17.3 Å². The van der Waals surface area contributed by atoms with Gasteiger partial charge in [-0.05, 0) is 67.4 Å². The predicted octanol–water partition coefficient (Wildman–Crippen LogP) is -4.55. The van der Waals surface area contributed by atoms with Crippen LogP contribution in [0.1, 0.15) is 75.3 Å². The van der Waals surface area contributed by atoms with Crippen molar-refractivity contribution < 1.29 is 103 Å². The minimum absolute atomic E-state index is 0. The fourth-order valence-electron chi connectivity index (χ4n) is 6.66. The second-order valence-electron chi connectivity index (χ2n) is 10.3. The summed E-state index contributed by atoms with van der Waals surface area (Å²) >= 11 is 0. The van der Waals surface area contributed by atoms with E-state index < -0.39 is 47.9 Å². The van der Waals surface area contributed by atoms with Gasteiger partial charge in [0.15, 0.2) is 0 Å². The molecule has 2 fully saturated rings. The minimum Gasteiger partial charge on any atom is -0.872 e. The molecular weight excluding hydrogens is 502 g/mol. The van der Waals surface area contributed by atoms with Crippen molar-refractivity contribution in [1.29, 1.82) is 0 Å². The monoisotopic (exact) mass is 532 g/mol. The summed E-state index contributed by atoms with van der Waals surface area (Å²) < 4.78 is 11.4. The molecule has 3 aliphatic rings. The van der Waals surface area contributed by atoms with Crippen molar-refractivity contribution in [3.63, 3.8) is 0 Å². The van der Waals surface area contributed by atoms with Crippen molar-refractivity contribution in [2.75, 3.05) is 0 Å². The first-order valence-electron chi connectivity index (χ1n) is 12.2. The van der Waals surface area contributed by atoms with E-state index in [9.17, 15) is 29.4 Å². The first-order valence-corrected chi connectivity index (χ1v) is 12.2. The Labute approximate surface area is 260 Å². The number of fused-ring (bicyclic) bond motifs is 5. The van der Waals surface area contributed by atoms with Gasteiger partial charge in [-0.1, -0.05) is 25.1 Å². The molecule has 11 heteroatoms. The van der Waals surface area contributed by atoms with E-state index in [1.54, 1.807) is 12.1 Å². The molecule has 0 radical (unpaired) electrons. The first-order chi connectivity index (χ1) is 16.6. The van der Waals surface area contributed by atoms with Crippen LogP contribution in [0.25, 0.3) is 0 Å². The fraction of sp³-hybridized carbons (Fsp3) is 0.615. The molecule has 4 rings (SSSR count). The van der Waals surface area contributed by atoms with E-state index in [-0.39, 0.29) is 102 Å². The van der Waals surface area contributed by atoms with Crippen molar-refractivity contribution in [2.45, 2.75) is 82.8 Å². The molecule has 2 saturated carbocycles. The van der Waals surface area contributed by atoms with Gasteiger partial charge in [0.05, 0.1) is 19.3 Å². The average molecular weight is 532 g/mol. The van der Waals surface area contributed by atoms with Crippen LogP contribution in [0.2, 0.25) is 0 Å². The quantitative estimate of drug-likeness (QED) is 0.258. The van der Waals surface area contributed by atoms with Crippen LogP contribution in [-0.2, 0) is 35.1 Å². The normalized spacial score (nSPS) is 29.3. The summed E-state index contributed by atoms with van der Waals surface area (Å²) in [4.78, 5) is 46.5. The van der Waals surface area contributed by atoms with Crippen LogP contribution in [0.4, 0.5) is 0 Å². The molecule has 0 aliphatic heterocycles. The molecule has 3 aliphatic carbocycles. The summed E-state index contributed by atoms with van der Waals surface area (Å²) in [5, 5.41) is 31.5. The number of esters is 2. The van der Waals surface area contributed by atoms with E-state index in [0.29, 0.717) is 12.8 Å². The third-order valence-electron chi connectivity index (χ3n) is 8.23. The van der Waals surface area contributed by atoms with Crippen molar-refractivity contribution in [1.82, 2.24) is 0 Å². The molecule has 0 aromatic heterocycles. The van der Waals surface area contributed by atoms with Crippen LogP contribution in [0.3, 0.4) is 0 Å². The van der Waals surface area contributed by atoms with Crippen LogP contribution < -0.4 is 69.3 Å². The average Bonchev–Trinajstić information content (AvgIpc) is 3.07. The van der Waals surface area contributed by atoms with Gasteiger partial charge in [0, 0.05) is 11.4 Å². The van der Waals surface area contributed by atoms with E-state index in [2.05, 4.69) is 0 Å². The van der Waals surface area contributed by atoms with Crippen LogP contribution in [0.15, 0.2) is 18.2 Å². The van der Waals surface area contributed by atoms with E-state index in [0.717, 1.165) is 24.8 Å². The largest absolute Gasteiger partial charge is 1.00 e. The maximum Gasteiger partial charge on any atom is 1.00 e. The molecular formula is C26H30Na2O9. The van der Waals surface area contributed by atoms with E-state index >= 15 is 0 Å². The number of benzene rings is 1. The standard InChI is InChI=1S/C26H32O9.2Na/c1-26-11-10-17-16-5-3-15(27)12-14(16)2-4-18(17)19(26)13-20(34-23(32)8-6-21(28)29)25(26)35-24(33)9-7-22(30)31;;/h3,5,12,17-20,25,27H,2,4,6-11,13H2,1H3,(H,28,29)(H,30,31);;/q;2*+1/p-2/t17-,18-,19+,20-,25+,26+;;/m1../s1. The minimum atomic E-state index is -1.35. The summed E-state index contributed by atoms with van der Waals surface area (Å²) in [6.07, 6.45) is 0.739. The fourth-order valence-corrected chi connectivity index (χ4v) is 6.66. The molecule has 1 aromatic rings. The number of ether oxygens (including phenoxy) is 2. The number of aryl methyl sites for hydroxylation is 1. The number of carboxylic acids is 2. The van der Waals surface area contributed by atoms with Crippen LogP contribution in [0.5, 0.6) is 5.75 Å². The van der Waals surface area contributed by atoms with Crippen molar-refractivity contribution in [3.8, 4) is 5.75 Å². The zero-order valence-electron chi connectivity index (χ0n) is 21.7. The summed E-state index contributed by atoms with van der Waals surface area (Å²) in [5.74, 6) is -3.21. The Hall–Kier alpha value is -1.10. The molecule has 1 N–H and O–H groups in total. The Morgan fingerprint density at radius 1 is 1.03 bits per heavy atom. The summed E-state index contributed by atoms with van der Waals surface area (Å²) in [5.41, 5.74) is 1.80. The Bertz CT molecular complexity index is 1030. The van der Waals surface area contributed by atoms with E-state index in [1.165, 1.54) is 5.56 Å². The molecule has 0 spiro atoms. The Kier molecular flexibility index (Phi) is 11.5. The predicted molar refractivity (Wildman–Crippen MR) is 117 cm³/mol. The SMILES string of the molecule is C[C@]12CC[C@@H]3c4ccc([O-])cc4CC[C@H]3[C@@H]1C[C@@H](OC(=O)CCC(=O)[O-])[C@@H]2OC(=O)CCC(=O)O.[Na+].[Na+]. The van der Waals surface area contributed by atoms with Gasteiger partial charge >= 0.3 is 77.0 Å². The summed E-state index contributed by atoms with van der Waals surface area (Å²) in [6, 6.07) is 5.23. The number of hydrogen-bond donors (Lipinski definition) is 1. The van der Waals surface area contributed by atoms with Gasteiger partial charge in [0.25, 0.3) is 0 Å². The Morgan fingerprint density at radius 3 is 2.38 bits per heavy atom. The molecule has 0 saturated heterocycles. The second kappa shape index (κ2) is 13.3. The van der Waals surface area contributed by atoms with Crippen molar-refractivity contribution in [2.24, 2.45) is 17.3 Å². The number of aliphatic carboxylic acids is 2. The Balaban J connectivity index is 0.00000241. The molecule has 1 aromatic carbocycles. The van der Waals surface area contributed by atoms with E-state index in [1.807, 2.05) is 13.0 Å². The third-order valence-corrected chi connectivity index (χ3v) is 8.23. The van der Waals surface area contributed by atoms with Gasteiger partial charge in [0.2, 0.25) is 0 Å². The van der Waals surface area contributed by atoms with Crippen molar-refractivity contribution in [3.05, 3.63) is 29.3 Å². The maximum atomic E-state index is 12.5. The zero-order valence-corrected chi connectivity index (χ0v) is 25.7. The van der Waals surface area contributed by atoms with Gasteiger partial charge in [0.1, 0.15) is 12.2 Å². The second-order valence-corrected chi connectivity index (χ2v) is 10.3. The van der Waals surface area contributed by atoms with Gasteiger partial charge in [-0.15, -0.1) is 5.75 Å². The number of carbonyl (C=O) groups excluding carboxylic acids is 3. The van der Waals surface area contributed by atoms with Gasteiger partial charge in [-0.25, -0.2) is 0 Å².